The second-order valence-electron chi connectivity index (χ2n) is 4.94. The topological polar surface area (TPSA) is 86.1 Å². The summed E-state index contributed by atoms with van der Waals surface area (Å²) in [5.41, 5.74) is -1.20. The molecule has 0 fully saturated rings. The summed E-state index contributed by atoms with van der Waals surface area (Å²) in [7, 11) is 0. The Labute approximate surface area is 140 Å². The molecule has 25 heavy (non-hydrogen) atoms. The Balaban J connectivity index is 2.00. The number of nitrogens with zero attached hydrogens (tertiary/aromatic N) is 3. The van der Waals surface area contributed by atoms with Gasteiger partial charge in [0.2, 0.25) is 0 Å². The molecule has 1 amide bonds. The summed E-state index contributed by atoms with van der Waals surface area (Å²) in [6, 6.07) is 4.49. The number of alkyl halides is 3. The molecule has 1 aromatic heterocycles. The fourth-order valence-corrected chi connectivity index (χ4v) is 2.03. The van der Waals surface area contributed by atoms with E-state index in [9.17, 15) is 22.8 Å². The van der Waals surface area contributed by atoms with Gasteiger partial charge in [-0.2, -0.15) is 13.2 Å². The summed E-state index contributed by atoms with van der Waals surface area (Å²) < 4.78 is 44.7. The van der Waals surface area contributed by atoms with Crippen LogP contribution in [0.15, 0.2) is 30.5 Å². The average molecular weight is 356 g/mol. The maximum absolute atomic E-state index is 12.9. The molecule has 0 unspecified atom stereocenters. The lowest BCUT2D eigenvalue weighted by Crippen LogP contribution is -2.26. The highest BCUT2D eigenvalue weighted by Crippen LogP contribution is 2.31. The van der Waals surface area contributed by atoms with Crippen LogP contribution < -0.4 is 5.32 Å². The zero-order valence-corrected chi connectivity index (χ0v) is 13.2. The molecule has 0 spiro atoms. The molecule has 0 aliphatic carbocycles. The van der Waals surface area contributed by atoms with Crippen molar-refractivity contribution in [3.63, 3.8) is 0 Å². The average Bonchev–Trinajstić information content (AvgIpc) is 2.99. The summed E-state index contributed by atoms with van der Waals surface area (Å²) in [5.74, 6) is -1.38. The second-order valence-corrected chi connectivity index (χ2v) is 4.94. The van der Waals surface area contributed by atoms with Crippen molar-refractivity contribution in [1.29, 1.82) is 0 Å². The Hall–Kier alpha value is -2.91. The molecule has 0 bridgehead atoms. The zero-order valence-electron chi connectivity index (χ0n) is 13.2. The van der Waals surface area contributed by atoms with Gasteiger partial charge in [-0.25, -0.2) is 4.68 Å². The molecule has 0 atom stereocenters. The molecule has 2 rings (SSSR count). The Morgan fingerprint density at radius 3 is 2.68 bits per heavy atom. The normalized spacial score (nSPS) is 11.2. The van der Waals surface area contributed by atoms with Crippen LogP contribution >= 0.6 is 0 Å². The number of esters is 1. The Morgan fingerprint density at radius 1 is 1.28 bits per heavy atom. The number of benzene rings is 1. The highest BCUT2D eigenvalue weighted by molar-refractivity contribution is 5.95. The molecule has 0 aliphatic rings. The Kier molecular flexibility index (Phi) is 5.73. The van der Waals surface area contributed by atoms with Crippen LogP contribution in [0, 0.1) is 0 Å². The van der Waals surface area contributed by atoms with Gasteiger partial charge in [0.1, 0.15) is 12.2 Å². The van der Waals surface area contributed by atoms with Gasteiger partial charge in [0.05, 0.1) is 30.5 Å². The molecule has 10 heteroatoms. The van der Waals surface area contributed by atoms with E-state index in [1.807, 2.05) is 0 Å². The van der Waals surface area contributed by atoms with Crippen LogP contribution in [0.25, 0.3) is 0 Å². The van der Waals surface area contributed by atoms with E-state index in [0.717, 1.165) is 12.1 Å². The molecule has 1 heterocycles. The van der Waals surface area contributed by atoms with Gasteiger partial charge in [0, 0.05) is 0 Å². The van der Waals surface area contributed by atoms with Crippen molar-refractivity contribution in [2.45, 2.75) is 26.2 Å². The third-order valence-corrected chi connectivity index (χ3v) is 3.09. The molecule has 0 aliphatic heterocycles. The van der Waals surface area contributed by atoms with Gasteiger partial charge in [-0.15, -0.1) is 5.10 Å². The minimum Gasteiger partial charge on any atom is -0.465 e. The summed E-state index contributed by atoms with van der Waals surface area (Å²) in [6.45, 7) is 1.62. The number of ether oxygens (including phenoxy) is 1. The number of halogens is 3. The first-order chi connectivity index (χ1) is 11.8. The number of nitrogens with one attached hydrogen (secondary N) is 1. The van der Waals surface area contributed by atoms with E-state index < -0.39 is 29.2 Å². The number of carbonyl (C=O) groups is 2. The van der Waals surface area contributed by atoms with Crippen molar-refractivity contribution in [3.8, 4) is 0 Å². The van der Waals surface area contributed by atoms with Gasteiger partial charge in [-0.05, 0) is 19.1 Å². The first-order valence-corrected chi connectivity index (χ1v) is 7.30. The van der Waals surface area contributed by atoms with Crippen molar-refractivity contribution < 1.29 is 27.5 Å². The monoisotopic (exact) mass is 356 g/mol. The van der Waals surface area contributed by atoms with Crippen molar-refractivity contribution >= 4 is 11.9 Å². The van der Waals surface area contributed by atoms with E-state index in [0.29, 0.717) is 5.69 Å². The summed E-state index contributed by atoms with van der Waals surface area (Å²) >= 11 is 0. The smallest absolute Gasteiger partial charge is 0.417 e. The maximum Gasteiger partial charge on any atom is 0.417 e. The molecular formula is C15H15F3N4O3. The Bertz CT molecular complexity index is 758. The van der Waals surface area contributed by atoms with Crippen LogP contribution in [0.2, 0.25) is 0 Å². The van der Waals surface area contributed by atoms with Gasteiger partial charge >= 0.3 is 12.1 Å². The van der Waals surface area contributed by atoms with Crippen LogP contribution in [0.1, 0.15) is 28.5 Å². The van der Waals surface area contributed by atoms with Gasteiger partial charge < -0.3 is 10.1 Å². The quantitative estimate of drug-likeness (QED) is 0.798. The minimum absolute atomic E-state index is 0.131. The first-order valence-electron chi connectivity index (χ1n) is 7.30. The number of carbonyl (C=O) groups excluding carboxylic acids is 2. The summed E-state index contributed by atoms with van der Waals surface area (Å²) in [5, 5.41) is 9.76. The number of aromatic nitrogens is 3. The molecule has 134 valence electrons. The molecule has 0 saturated carbocycles. The number of amides is 1. The highest BCUT2D eigenvalue weighted by Gasteiger charge is 2.34. The number of hydrogen-bond acceptors (Lipinski definition) is 5. The fraction of sp³-hybridized carbons (Fsp3) is 0.333. The standard InChI is InChI=1S/C15H15F3N4O3/c1-2-25-13(23)9-22-8-10(20-21-22)7-19-14(24)11-5-3-4-6-12(11)15(16,17)18/h3-6,8H,2,7,9H2,1H3,(H,19,24). The van der Waals surface area contributed by atoms with Gasteiger partial charge in [-0.3, -0.25) is 9.59 Å². The maximum atomic E-state index is 12.9. The van der Waals surface area contributed by atoms with Gasteiger partial charge in [0.25, 0.3) is 5.91 Å². The SMILES string of the molecule is CCOC(=O)Cn1cc(CNC(=O)c2ccccc2C(F)(F)F)nn1. The summed E-state index contributed by atoms with van der Waals surface area (Å²) in [6.07, 6.45) is -3.23. The predicted octanol–water partition coefficient (Wildman–Crippen LogP) is 1.79. The van der Waals surface area contributed by atoms with Crippen LogP contribution in [-0.4, -0.2) is 33.5 Å². The van der Waals surface area contributed by atoms with E-state index in [1.165, 1.54) is 23.0 Å². The van der Waals surface area contributed by atoms with E-state index in [-0.39, 0.29) is 19.7 Å². The van der Waals surface area contributed by atoms with Crippen molar-refractivity contribution in [1.82, 2.24) is 20.3 Å². The molecular weight excluding hydrogens is 341 g/mol. The van der Waals surface area contributed by atoms with Gasteiger partial charge in [0.15, 0.2) is 0 Å². The van der Waals surface area contributed by atoms with Crippen LogP contribution in [0.4, 0.5) is 13.2 Å². The predicted molar refractivity (Wildman–Crippen MR) is 79.3 cm³/mol. The van der Waals surface area contributed by atoms with Crippen LogP contribution in [0.3, 0.4) is 0 Å². The molecule has 7 nitrogen and oxygen atoms in total. The lowest BCUT2D eigenvalue weighted by molar-refractivity contribution is -0.144. The van der Waals surface area contributed by atoms with E-state index >= 15 is 0 Å². The third-order valence-electron chi connectivity index (χ3n) is 3.09. The van der Waals surface area contributed by atoms with Crippen LogP contribution in [-0.2, 0) is 28.8 Å². The van der Waals surface area contributed by atoms with Crippen LogP contribution in [0.5, 0.6) is 0 Å². The highest BCUT2D eigenvalue weighted by atomic mass is 19.4. The second kappa shape index (κ2) is 7.77. The fourth-order valence-electron chi connectivity index (χ4n) is 2.03. The van der Waals surface area contributed by atoms with Crippen molar-refractivity contribution in [2.75, 3.05) is 6.61 Å². The lowest BCUT2D eigenvalue weighted by atomic mass is 10.1. The molecule has 1 N–H and O–H groups in total. The third kappa shape index (κ3) is 5.03. The Morgan fingerprint density at radius 2 is 2.00 bits per heavy atom. The van der Waals surface area contributed by atoms with Gasteiger partial charge in [-0.1, -0.05) is 17.3 Å². The zero-order chi connectivity index (χ0) is 18.4. The number of hydrogen-bond donors (Lipinski definition) is 1. The number of rotatable bonds is 6. The van der Waals surface area contributed by atoms with E-state index in [1.54, 1.807) is 6.92 Å². The summed E-state index contributed by atoms with van der Waals surface area (Å²) in [4.78, 5) is 23.3. The van der Waals surface area contributed by atoms with E-state index in [2.05, 4.69) is 15.6 Å². The van der Waals surface area contributed by atoms with Crippen molar-refractivity contribution in [2.24, 2.45) is 0 Å². The first kappa shape index (κ1) is 18.4. The van der Waals surface area contributed by atoms with E-state index in [4.69, 9.17) is 4.74 Å². The lowest BCUT2D eigenvalue weighted by Gasteiger charge is -2.12. The minimum atomic E-state index is -4.63. The molecule has 0 saturated heterocycles. The largest absolute Gasteiger partial charge is 0.465 e. The van der Waals surface area contributed by atoms with Crippen molar-refractivity contribution in [3.05, 3.63) is 47.3 Å². The molecule has 2 aromatic rings. The molecule has 0 radical (unpaired) electrons. The molecule has 1 aromatic carbocycles.